The molecule has 68 valence electrons. The highest BCUT2D eigenvalue weighted by Gasteiger charge is 2.30. The minimum absolute atomic E-state index is 0.215. The Morgan fingerprint density at radius 2 is 2.25 bits per heavy atom. The third kappa shape index (κ3) is 1.72. The van der Waals surface area contributed by atoms with Crippen LogP contribution >= 0.6 is 0 Å². The van der Waals surface area contributed by atoms with E-state index in [1.165, 1.54) is 0 Å². The maximum Gasteiger partial charge on any atom is 0.359 e. The lowest BCUT2D eigenvalue weighted by Gasteiger charge is -2.27. The molecule has 0 aromatic rings. The monoisotopic (exact) mass is 175 g/mol. The number of carbonyl (C=O) groups excluding carboxylic acids is 1. The van der Waals surface area contributed by atoms with E-state index in [1.807, 2.05) is 0 Å². The Morgan fingerprint density at radius 1 is 1.58 bits per heavy atom. The number of nitrogens with zero attached hydrogens (tertiary/aromatic N) is 1. The van der Waals surface area contributed by atoms with Crippen molar-refractivity contribution in [2.24, 2.45) is 0 Å². The molecule has 1 amide bonds. The molecule has 0 aromatic heterocycles. The van der Waals surface area contributed by atoms with Crippen molar-refractivity contribution in [2.75, 3.05) is 6.54 Å². The molecule has 0 bridgehead atoms. The van der Waals surface area contributed by atoms with E-state index in [0.717, 1.165) is 11.3 Å². The van der Waals surface area contributed by atoms with E-state index in [1.54, 1.807) is 0 Å². The van der Waals surface area contributed by atoms with Crippen LogP contribution in [-0.4, -0.2) is 34.7 Å². The van der Waals surface area contributed by atoms with Crippen LogP contribution in [0.5, 0.6) is 0 Å². The van der Waals surface area contributed by atoms with Crippen LogP contribution in [0.15, 0.2) is 0 Å². The molecule has 1 aliphatic rings. The summed E-state index contributed by atoms with van der Waals surface area (Å²) in [5.74, 6) is -2.00. The summed E-state index contributed by atoms with van der Waals surface area (Å²) >= 11 is 0. The average molecular weight is 175 g/mol. The summed E-state index contributed by atoms with van der Waals surface area (Å²) < 4.78 is 12.8. The first-order valence-corrected chi connectivity index (χ1v) is 3.79. The minimum Gasteiger partial charge on any atom is -0.478 e. The van der Waals surface area contributed by atoms with E-state index in [9.17, 15) is 14.0 Å². The minimum atomic E-state index is -2.17. The Labute approximate surface area is 69.0 Å². The molecule has 1 unspecified atom stereocenters. The summed E-state index contributed by atoms with van der Waals surface area (Å²) in [6.45, 7) is 0.215. The van der Waals surface area contributed by atoms with Crippen molar-refractivity contribution < 1.29 is 19.1 Å². The number of halogens is 1. The highest BCUT2D eigenvalue weighted by molar-refractivity contribution is 5.83. The van der Waals surface area contributed by atoms with Crippen LogP contribution in [0.2, 0.25) is 0 Å². The van der Waals surface area contributed by atoms with E-state index >= 15 is 0 Å². The number of likely N-dealkylation sites (tertiary alicyclic amines) is 1. The van der Waals surface area contributed by atoms with Gasteiger partial charge in [-0.1, -0.05) is 0 Å². The van der Waals surface area contributed by atoms with Crippen LogP contribution in [0.4, 0.5) is 4.39 Å². The van der Waals surface area contributed by atoms with Gasteiger partial charge in [0.1, 0.15) is 0 Å². The Morgan fingerprint density at radius 3 is 2.75 bits per heavy atom. The van der Waals surface area contributed by atoms with Crippen LogP contribution in [0, 0.1) is 0 Å². The fraction of sp³-hybridized carbons (Fsp3) is 0.714. The number of rotatable bonds is 2. The first-order valence-electron chi connectivity index (χ1n) is 3.79. The van der Waals surface area contributed by atoms with Crippen LogP contribution in [0.1, 0.15) is 19.3 Å². The second kappa shape index (κ2) is 3.51. The molecule has 1 N–H and O–H groups in total. The number of hydrogen-bond acceptors (Lipinski definition) is 2. The molecule has 4 nitrogen and oxygen atoms in total. The fourth-order valence-electron chi connectivity index (χ4n) is 1.20. The summed E-state index contributed by atoms with van der Waals surface area (Å²) in [5.41, 5.74) is 0. The van der Waals surface area contributed by atoms with Crippen molar-refractivity contribution in [2.45, 2.75) is 25.6 Å². The lowest BCUT2D eigenvalue weighted by Crippen LogP contribution is -2.44. The molecule has 1 heterocycles. The largest absolute Gasteiger partial charge is 0.478 e. The molecule has 1 rings (SSSR count). The van der Waals surface area contributed by atoms with Crippen molar-refractivity contribution in [3.8, 4) is 0 Å². The van der Waals surface area contributed by atoms with Gasteiger partial charge in [0.25, 0.3) is 6.30 Å². The number of amides is 1. The van der Waals surface area contributed by atoms with Gasteiger partial charge >= 0.3 is 5.97 Å². The summed E-state index contributed by atoms with van der Waals surface area (Å²) in [6, 6.07) is 0. The molecule has 1 atom stereocenters. The van der Waals surface area contributed by atoms with Crippen LogP contribution in [0.25, 0.3) is 0 Å². The van der Waals surface area contributed by atoms with Gasteiger partial charge in [0.15, 0.2) is 0 Å². The number of piperidine rings is 1. The molecule has 0 saturated carbocycles. The average Bonchev–Trinajstić information content (AvgIpc) is 2.04. The molecule has 1 aliphatic heterocycles. The fourth-order valence-corrected chi connectivity index (χ4v) is 1.20. The van der Waals surface area contributed by atoms with Gasteiger partial charge in [-0.05, 0) is 12.8 Å². The molecule has 0 radical (unpaired) electrons. The highest BCUT2D eigenvalue weighted by atomic mass is 19.1. The number of aliphatic carboxylic acids is 1. The van der Waals surface area contributed by atoms with Gasteiger partial charge in [0.05, 0.1) is 0 Å². The summed E-state index contributed by atoms with van der Waals surface area (Å²) in [7, 11) is 0. The van der Waals surface area contributed by atoms with Gasteiger partial charge < -0.3 is 10.0 Å². The number of carbonyl (C=O) groups is 2. The number of carboxylic acids is 1. The lowest BCUT2D eigenvalue weighted by molar-refractivity contribution is -0.159. The topological polar surface area (TPSA) is 57.6 Å². The standard InChI is InChI=1S/C7H10FNO3/c8-6(7(11)12)9-4-2-1-3-5(9)10/h6H,1-4H2,(H,11,12). The molecular formula is C7H10FNO3. The third-order valence-corrected chi connectivity index (χ3v) is 1.84. The molecule has 0 aliphatic carbocycles. The lowest BCUT2D eigenvalue weighted by atomic mass is 10.1. The van der Waals surface area contributed by atoms with Gasteiger partial charge in [0.2, 0.25) is 5.91 Å². The van der Waals surface area contributed by atoms with Crippen molar-refractivity contribution in [1.29, 1.82) is 0 Å². The quantitative estimate of drug-likeness (QED) is 0.617. The van der Waals surface area contributed by atoms with Gasteiger partial charge in [-0.2, -0.15) is 0 Å². The summed E-state index contributed by atoms with van der Waals surface area (Å²) in [6.07, 6.45) is -0.507. The Hall–Kier alpha value is -1.13. The Bertz CT molecular complexity index is 207. The normalized spacial score (nSPS) is 20.8. The first-order chi connectivity index (χ1) is 5.63. The summed E-state index contributed by atoms with van der Waals surface area (Å²) in [4.78, 5) is 21.9. The van der Waals surface area contributed by atoms with Crippen LogP contribution < -0.4 is 0 Å². The summed E-state index contributed by atoms with van der Waals surface area (Å²) in [5, 5.41) is 8.28. The second-order valence-electron chi connectivity index (χ2n) is 2.72. The zero-order valence-electron chi connectivity index (χ0n) is 6.49. The first kappa shape index (κ1) is 8.96. The van der Waals surface area contributed by atoms with Gasteiger partial charge in [0, 0.05) is 13.0 Å². The van der Waals surface area contributed by atoms with E-state index in [2.05, 4.69) is 0 Å². The van der Waals surface area contributed by atoms with Gasteiger partial charge in [-0.15, -0.1) is 0 Å². The van der Waals surface area contributed by atoms with Crippen molar-refractivity contribution in [3.05, 3.63) is 0 Å². The number of carboxylic acid groups (broad SMARTS) is 1. The molecule has 1 saturated heterocycles. The van der Waals surface area contributed by atoms with Crippen molar-refractivity contribution >= 4 is 11.9 Å². The van der Waals surface area contributed by atoms with Crippen molar-refractivity contribution in [3.63, 3.8) is 0 Å². The second-order valence-corrected chi connectivity index (χ2v) is 2.72. The van der Waals surface area contributed by atoms with Crippen LogP contribution in [-0.2, 0) is 9.59 Å². The maximum atomic E-state index is 12.8. The number of hydrogen-bond donors (Lipinski definition) is 1. The van der Waals surface area contributed by atoms with Gasteiger partial charge in [-0.3, -0.25) is 4.79 Å². The SMILES string of the molecule is O=C(O)C(F)N1CCCCC1=O. The van der Waals surface area contributed by atoms with E-state index in [4.69, 9.17) is 5.11 Å². The van der Waals surface area contributed by atoms with Crippen LogP contribution in [0.3, 0.4) is 0 Å². The smallest absolute Gasteiger partial charge is 0.359 e. The predicted octanol–water partition coefficient (Wildman–Crippen LogP) is 0.379. The molecule has 12 heavy (non-hydrogen) atoms. The molecule has 1 fully saturated rings. The van der Waals surface area contributed by atoms with E-state index < -0.39 is 18.2 Å². The Kier molecular flexibility index (Phi) is 2.62. The maximum absolute atomic E-state index is 12.8. The number of alkyl halides is 1. The molecule has 0 aromatic carbocycles. The predicted molar refractivity (Wildman–Crippen MR) is 38.1 cm³/mol. The Balaban J connectivity index is 2.59. The van der Waals surface area contributed by atoms with E-state index in [0.29, 0.717) is 6.42 Å². The van der Waals surface area contributed by atoms with Gasteiger partial charge in [-0.25, -0.2) is 9.18 Å². The van der Waals surface area contributed by atoms with Crippen molar-refractivity contribution in [1.82, 2.24) is 4.90 Å². The highest BCUT2D eigenvalue weighted by Crippen LogP contribution is 2.14. The molecular weight excluding hydrogens is 165 g/mol. The zero-order chi connectivity index (χ0) is 9.14. The zero-order valence-corrected chi connectivity index (χ0v) is 6.49. The van der Waals surface area contributed by atoms with E-state index in [-0.39, 0.29) is 13.0 Å². The molecule has 5 heteroatoms. The third-order valence-electron chi connectivity index (χ3n) is 1.84. The molecule has 0 spiro atoms.